The van der Waals surface area contributed by atoms with Crippen molar-refractivity contribution in [3.63, 3.8) is 0 Å². The van der Waals surface area contributed by atoms with E-state index in [2.05, 4.69) is 5.32 Å². The van der Waals surface area contributed by atoms with Gasteiger partial charge in [-0.1, -0.05) is 6.92 Å². The van der Waals surface area contributed by atoms with Crippen molar-refractivity contribution < 1.29 is 25.2 Å². The van der Waals surface area contributed by atoms with E-state index in [-0.39, 0.29) is 0 Å². The van der Waals surface area contributed by atoms with Gasteiger partial charge >= 0.3 is 0 Å². The lowest BCUT2D eigenvalue weighted by Crippen LogP contribution is -2.63. The molecule has 0 unspecified atom stereocenters. The van der Waals surface area contributed by atoms with Gasteiger partial charge in [-0.25, -0.2) is 0 Å². The molecule has 1 rings (SSSR count). The highest BCUT2D eigenvalue weighted by Gasteiger charge is 2.42. The second-order valence-electron chi connectivity index (χ2n) is 3.31. The molecule has 5 atom stereocenters. The summed E-state index contributed by atoms with van der Waals surface area (Å²) in [5.41, 5.74) is 0. The fourth-order valence-electron chi connectivity index (χ4n) is 1.58. The molecule has 6 heteroatoms. The van der Waals surface area contributed by atoms with Crippen molar-refractivity contribution in [3.05, 3.63) is 0 Å². The van der Waals surface area contributed by atoms with Gasteiger partial charge in [-0.15, -0.1) is 0 Å². The Morgan fingerprint density at radius 3 is 2.36 bits per heavy atom. The van der Waals surface area contributed by atoms with Crippen LogP contribution in [0.5, 0.6) is 0 Å². The van der Waals surface area contributed by atoms with E-state index < -0.39 is 37.3 Å². The molecule has 0 aromatic heterocycles. The van der Waals surface area contributed by atoms with Crippen LogP contribution in [-0.4, -0.2) is 64.2 Å². The molecule has 5 N–H and O–H groups in total. The van der Waals surface area contributed by atoms with E-state index in [0.717, 1.165) is 0 Å². The number of likely N-dealkylation sites (N-methyl/N-ethyl adjacent to an activating group) is 1. The Morgan fingerprint density at radius 1 is 1.21 bits per heavy atom. The van der Waals surface area contributed by atoms with Crippen molar-refractivity contribution >= 4 is 0 Å². The van der Waals surface area contributed by atoms with Crippen LogP contribution in [0.2, 0.25) is 0 Å². The van der Waals surface area contributed by atoms with Crippen LogP contribution < -0.4 is 5.32 Å². The predicted molar refractivity (Wildman–Crippen MR) is 47.4 cm³/mol. The zero-order valence-electron chi connectivity index (χ0n) is 8.00. The Bertz CT molecular complexity index is 179. The average molecular weight is 207 g/mol. The molecule has 0 amide bonds. The van der Waals surface area contributed by atoms with Crippen LogP contribution in [0, 0.1) is 0 Å². The lowest BCUT2D eigenvalue weighted by molar-refractivity contribution is -0.262. The summed E-state index contributed by atoms with van der Waals surface area (Å²) in [6.07, 6.45) is -4.46. The van der Waals surface area contributed by atoms with E-state index in [0.29, 0.717) is 6.54 Å². The predicted octanol–water partition coefficient (Wildman–Crippen LogP) is -2.60. The Morgan fingerprint density at radius 2 is 1.86 bits per heavy atom. The smallest absolute Gasteiger partial charge is 0.183 e. The number of aliphatic hydroxyl groups is 4. The SMILES string of the molecule is CCN[C@H]1[C@@H](O)[C@@H](O)O[C@H](CO)[C@H]1O. The minimum Gasteiger partial charge on any atom is -0.394 e. The quantitative estimate of drug-likeness (QED) is 0.348. The second kappa shape index (κ2) is 5.01. The summed E-state index contributed by atoms with van der Waals surface area (Å²) in [7, 11) is 0. The Balaban J connectivity index is 2.67. The van der Waals surface area contributed by atoms with Gasteiger partial charge in [0, 0.05) is 0 Å². The Labute approximate surface area is 82.1 Å². The van der Waals surface area contributed by atoms with Crippen LogP contribution in [0.1, 0.15) is 6.92 Å². The third-order valence-electron chi connectivity index (χ3n) is 2.34. The lowest BCUT2D eigenvalue weighted by atomic mass is 9.96. The molecule has 0 aromatic carbocycles. The molecule has 0 spiro atoms. The van der Waals surface area contributed by atoms with Crippen molar-refractivity contribution in [2.24, 2.45) is 0 Å². The lowest BCUT2D eigenvalue weighted by Gasteiger charge is -2.40. The standard InChI is InChI=1S/C8H17NO5/c1-2-9-5-6(11)4(3-10)14-8(13)7(5)12/h4-13H,2-3H2,1H3/t4-,5-,6-,7-,8+/m1/s1. The van der Waals surface area contributed by atoms with Gasteiger partial charge in [0.25, 0.3) is 0 Å². The van der Waals surface area contributed by atoms with Crippen molar-refractivity contribution in [1.82, 2.24) is 5.32 Å². The third kappa shape index (κ3) is 2.22. The molecule has 6 nitrogen and oxygen atoms in total. The molecule has 0 aliphatic carbocycles. The molecule has 84 valence electrons. The van der Waals surface area contributed by atoms with Gasteiger partial charge in [0.2, 0.25) is 0 Å². The summed E-state index contributed by atoms with van der Waals surface area (Å²) in [4.78, 5) is 0. The molecule has 14 heavy (non-hydrogen) atoms. The minimum absolute atomic E-state index is 0.396. The molecule has 0 radical (unpaired) electrons. The summed E-state index contributed by atoms with van der Waals surface area (Å²) < 4.78 is 4.80. The zero-order chi connectivity index (χ0) is 10.7. The molecule has 0 bridgehead atoms. The second-order valence-corrected chi connectivity index (χ2v) is 3.31. The fourth-order valence-corrected chi connectivity index (χ4v) is 1.58. The third-order valence-corrected chi connectivity index (χ3v) is 2.34. The van der Waals surface area contributed by atoms with Crippen molar-refractivity contribution in [2.45, 2.75) is 37.6 Å². The van der Waals surface area contributed by atoms with Gasteiger partial charge in [0.1, 0.15) is 18.3 Å². The maximum Gasteiger partial charge on any atom is 0.183 e. The summed E-state index contributed by atoms with van der Waals surface area (Å²) >= 11 is 0. The molecule has 1 aliphatic heterocycles. The first-order valence-corrected chi connectivity index (χ1v) is 4.65. The van der Waals surface area contributed by atoms with Crippen molar-refractivity contribution in [3.8, 4) is 0 Å². The first-order chi connectivity index (χ1) is 6.61. The fraction of sp³-hybridized carbons (Fsp3) is 1.00. The Kier molecular flexibility index (Phi) is 4.24. The highest BCUT2D eigenvalue weighted by atomic mass is 16.6. The van der Waals surface area contributed by atoms with Crippen LogP contribution >= 0.6 is 0 Å². The maximum absolute atomic E-state index is 9.63. The summed E-state index contributed by atoms with van der Waals surface area (Å²) in [5, 5.41) is 40.0. The summed E-state index contributed by atoms with van der Waals surface area (Å²) in [6.45, 7) is 1.96. The summed E-state index contributed by atoms with van der Waals surface area (Å²) in [5.74, 6) is 0. The van der Waals surface area contributed by atoms with Gasteiger partial charge < -0.3 is 30.5 Å². The van der Waals surface area contributed by atoms with E-state index in [1.807, 2.05) is 6.92 Å². The minimum atomic E-state index is -1.38. The molecule has 1 saturated heterocycles. The van der Waals surface area contributed by atoms with Crippen LogP contribution in [0.25, 0.3) is 0 Å². The normalized spacial score (nSPS) is 43.9. The number of rotatable bonds is 3. The van der Waals surface area contributed by atoms with Gasteiger partial charge in [-0.3, -0.25) is 0 Å². The topological polar surface area (TPSA) is 102 Å². The molecular weight excluding hydrogens is 190 g/mol. The van der Waals surface area contributed by atoms with E-state index in [9.17, 15) is 15.3 Å². The summed E-state index contributed by atoms with van der Waals surface area (Å²) in [6, 6.07) is -0.680. The van der Waals surface area contributed by atoms with Crippen molar-refractivity contribution in [2.75, 3.05) is 13.2 Å². The maximum atomic E-state index is 9.63. The molecule has 0 saturated carbocycles. The number of aliphatic hydroxyl groups excluding tert-OH is 4. The first-order valence-electron chi connectivity index (χ1n) is 4.65. The average Bonchev–Trinajstić information content (AvgIpc) is 2.18. The van der Waals surface area contributed by atoms with Crippen LogP contribution in [0.15, 0.2) is 0 Å². The molecule has 1 fully saturated rings. The monoisotopic (exact) mass is 207 g/mol. The highest BCUT2D eigenvalue weighted by Crippen LogP contribution is 2.19. The first kappa shape index (κ1) is 11.8. The molecule has 1 aliphatic rings. The van der Waals surface area contributed by atoms with E-state index in [4.69, 9.17) is 9.84 Å². The van der Waals surface area contributed by atoms with Gasteiger partial charge in [0.05, 0.1) is 12.6 Å². The van der Waals surface area contributed by atoms with Crippen LogP contribution in [0.3, 0.4) is 0 Å². The largest absolute Gasteiger partial charge is 0.394 e. The molecular formula is C8H17NO5. The van der Waals surface area contributed by atoms with Gasteiger partial charge in [-0.05, 0) is 6.54 Å². The highest BCUT2D eigenvalue weighted by molar-refractivity contribution is 4.93. The zero-order valence-corrected chi connectivity index (χ0v) is 8.00. The van der Waals surface area contributed by atoms with Crippen molar-refractivity contribution in [1.29, 1.82) is 0 Å². The number of nitrogens with one attached hydrogen (secondary N) is 1. The number of hydrogen-bond donors (Lipinski definition) is 5. The molecule has 1 heterocycles. The van der Waals surface area contributed by atoms with E-state index in [1.165, 1.54) is 0 Å². The number of hydrogen-bond acceptors (Lipinski definition) is 6. The Hall–Kier alpha value is -0.240. The number of ether oxygens (including phenoxy) is 1. The molecule has 0 aromatic rings. The van der Waals surface area contributed by atoms with Gasteiger partial charge in [0.15, 0.2) is 6.29 Å². The van der Waals surface area contributed by atoms with Gasteiger partial charge in [-0.2, -0.15) is 0 Å². The van der Waals surface area contributed by atoms with Crippen LogP contribution in [-0.2, 0) is 4.74 Å². The van der Waals surface area contributed by atoms with Crippen LogP contribution in [0.4, 0.5) is 0 Å². The van der Waals surface area contributed by atoms with E-state index >= 15 is 0 Å². The van der Waals surface area contributed by atoms with E-state index in [1.54, 1.807) is 0 Å².